The van der Waals surface area contributed by atoms with Gasteiger partial charge in [-0.15, -0.1) is 0 Å². The molecule has 2 aliphatic carbocycles. The monoisotopic (exact) mass is 606 g/mol. The minimum atomic E-state index is -1.10. The molecule has 1 heterocycles. The third-order valence-electron chi connectivity index (χ3n) is 9.26. The van der Waals surface area contributed by atoms with Crippen LogP contribution >= 0.6 is 0 Å². The number of nitrogens with one attached hydrogen (secondary N) is 4. The third-order valence-corrected chi connectivity index (χ3v) is 9.26. The van der Waals surface area contributed by atoms with Crippen LogP contribution in [0.15, 0.2) is 0 Å². The van der Waals surface area contributed by atoms with Crippen LogP contribution in [0, 0.1) is 28.6 Å². The number of nitrogens with zero attached hydrogens (tertiary/aromatic N) is 1. The van der Waals surface area contributed by atoms with Crippen molar-refractivity contribution in [2.45, 2.75) is 111 Å². The smallest absolute Gasteiger partial charge is 0.407 e. The standard InChI is InChI=1S/C30H50N6O7/c1-9-17(13-32-28(42)43-15(2)3)33-27(41)35-23(29(4,5)6)26(40)36-14-18-19(30(18,7)8)21(36)25(39)34-20(16-11-10-12-16)22(37)24(31)38/h15-21,23H,9-14H2,1-8H3,(H2,31,38)(H,32,42)(H,34,39)(H2,33,35,41)/t17-,18-,19-,20?,21-,23?/m0/s1. The summed E-state index contributed by atoms with van der Waals surface area (Å²) in [7, 11) is 0. The highest BCUT2D eigenvalue weighted by molar-refractivity contribution is 6.38. The molecule has 1 aliphatic heterocycles. The number of Topliss-reactive ketones (excluding diaryl/α,β-unsaturated/α-hetero) is 1. The van der Waals surface area contributed by atoms with Gasteiger partial charge in [-0.3, -0.25) is 19.2 Å². The lowest BCUT2D eigenvalue weighted by molar-refractivity contribution is -0.145. The number of hydrogen-bond acceptors (Lipinski definition) is 7. The molecular formula is C30H50N6O7. The van der Waals surface area contributed by atoms with E-state index in [0.717, 1.165) is 6.42 Å². The molecular weight excluding hydrogens is 556 g/mol. The summed E-state index contributed by atoms with van der Waals surface area (Å²) in [6.45, 7) is 15.4. The molecule has 0 radical (unpaired) electrons. The largest absolute Gasteiger partial charge is 0.447 e. The molecule has 3 rings (SSSR count). The van der Waals surface area contributed by atoms with Crippen molar-refractivity contribution in [3.63, 3.8) is 0 Å². The number of fused-ring (bicyclic) bond motifs is 1. The quantitative estimate of drug-likeness (QED) is 0.208. The lowest BCUT2D eigenvalue weighted by atomic mass is 9.78. The van der Waals surface area contributed by atoms with E-state index in [9.17, 15) is 28.8 Å². The van der Waals surface area contributed by atoms with E-state index in [2.05, 4.69) is 21.3 Å². The van der Waals surface area contributed by atoms with Crippen LogP contribution in [0.4, 0.5) is 9.59 Å². The summed E-state index contributed by atoms with van der Waals surface area (Å²) in [5, 5.41) is 11.0. The van der Waals surface area contributed by atoms with Crippen LogP contribution < -0.4 is 27.0 Å². The average molecular weight is 607 g/mol. The van der Waals surface area contributed by atoms with E-state index in [1.165, 1.54) is 4.90 Å². The van der Waals surface area contributed by atoms with Crippen molar-refractivity contribution in [3.05, 3.63) is 0 Å². The first-order chi connectivity index (χ1) is 19.9. The second-order valence-corrected chi connectivity index (χ2v) is 14.2. The van der Waals surface area contributed by atoms with Gasteiger partial charge in [-0.05, 0) is 61.7 Å². The van der Waals surface area contributed by atoms with E-state index in [-0.39, 0.29) is 35.8 Å². The lowest BCUT2D eigenvalue weighted by Gasteiger charge is -2.39. The van der Waals surface area contributed by atoms with E-state index in [0.29, 0.717) is 25.8 Å². The average Bonchev–Trinajstić information content (AvgIpc) is 3.19. The fraction of sp³-hybridized carbons (Fsp3) is 0.800. The number of carbonyl (C=O) groups is 6. The van der Waals surface area contributed by atoms with Crippen molar-refractivity contribution in [3.8, 4) is 0 Å². The summed E-state index contributed by atoms with van der Waals surface area (Å²) < 4.78 is 5.07. The van der Waals surface area contributed by atoms with Gasteiger partial charge in [0.15, 0.2) is 0 Å². The zero-order valence-corrected chi connectivity index (χ0v) is 26.7. The Bertz CT molecular complexity index is 1110. The number of hydrogen-bond donors (Lipinski definition) is 5. The minimum Gasteiger partial charge on any atom is -0.447 e. The summed E-state index contributed by atoms with van der Waals surface area (Å²) in [4.78, 5) is 78.7. The highest BCUT2D eigenvalue weighted by Gasteiger charge is 2.70. The van der Waals surface area contributed by atoms with Gasteiger partial charge in [0, 0.05) is 19.1 Å². The van der Waals surface area contributed by atoms with Crippen LogP contribution in [0.25, 0.3) is 0 Å². The molecule has 3 fully saturated rings. The first-order valence-corrected chi connectivity index (χ1v) is 15.4. The predicted octanol–water partition coefficient (Wildman–Crippen LogP) is 1.44. The zero-order chi connectivity index (χ0) is 32.4. The molecule has 43 heavy (non-hydrogen) atoms. The Morgan fingerprint density at radius 1 is 1.02 bits per heavy atom. The first-order valence-electron chi connectivity index (χ1n) is 15.4. The molecule has 1 saturated heterocycles. The van der Waals surface area contributed by atoms with Crippen molar-refractivity contribution in [1.82, 2.24) is 26.2 Å². The summed E-state index contributed by atoms with van der Waals surface area (Å²) in [5.41, 5.74) is 4.40. The van der Waals surface area contributed by atoms with Crippen LogP contribution in [0.2, 0.25) is 0 Å². The Labute approximate surface area is 254 Å². The Morgan fingerprint density at radius 3 is 2.14 bits per heavy atom. The number of alkyl carbamates (subject to hydrolysis) is 1. The molecule has 2 saturated carbocycles. The molecule has 3 aliphatic rings. The van der Waals surface area contributed by atoms with Gasteiger partial charge in [0.05, 0.1) is 6.10 Å². The van der Waals surface area contributed by atoms with Crippen LogP contribution in [-0.2, 0) is 23.9 Å². The zero-order valence-electron chi connectivity index (χ0n) is 26.7. The summed E-state index contributed by atoms with van der Waals surface area (Å²) in [6, 6.07) is -3.85. The van der Waals surface area contributed by atoms with E-state index in [4.69, 9.17) is 10.5 Å². The Kier molecular flexibility index (Phi) is 10.4. The maximum atomic E-state index is 14.1. The van der Waals surface area contributed by atoms with Gasteiger partial charge >= 0.3 is 12.1 Å². The summed E-state index contributed by atoms with van der Waals surface area (Å²) >= 11 is 0. The summed E-state index contributed by atoms with van der Waals surface area (Å²) in [6.07, 6.45) is 1.95. The van der Waals surface area contributed by atoms with Gasteiger partial charge in [0.25, 0.3) is 5.91 Å². The second kappa shape index (κ2) is 13.1. The van der Waals surface area contributed by atoms with Gasteiger partial charge in [-0.25, -0.2) is 9.59 Å². The topological polar surface area (TPSA) is 189 Å². The van der Waals surface area contributed by atoms with E-state index in [1.54, 1.807) is 13.8 Å². The highest BCUT2D eigenvalue weighted by Crippen LogP contribution is 2.65. The molecule has 0 aromatic carbocycles. The van der Waals surface area contributed by atoms with Crippen molar-refractivity contribution in [2.24, 2.45) is 34.3 Å². The number of nitrogens with two attached hydrogens (primary N) is 1. The van der Waals surface area contributed by atoms with Crippen molar-refractivity contribution >= 4 is 35.6 Å². The molecule has 0 bridgehead atoms. The molecule has 6 amide bonds. The van der Waals surface area contributed by atoms with Gasteiger partial charge in [0.1, 0.15) is 18.1 Å². The van der Waals surface area contributed by atoms with Gasteiger partial charge in [0.2, 0.25) is 17.6 Å². The number of ketones is 1. The molecule has 2 unspecified atom stereocenters. The van der Waals surface area contributed by atoms with E-state index >= 15 is 0 Å². The van der Waals surface area contributed by atoms with Crippen LogP contribution in [0.5, 0.6) is 0 Å². The van der Waals surface area contributed by atoms with Gasteiger partial charge in [-0.1, -0.05) is 48.0 Å². The predicted molar refractivity (Wildman–Crippen MR) is 158 cm³/mol. The normalized spacial score (nSPS) is 24.5. The van der Waals surface area contributed by atoms with Crippen molar-refractivity contribution in [1.29, 1.82) is 0 Å². The molecule has 242 valence electrons. The number of amides is 6. The SMILES string of the molecule is CC[C@@H](CNC(=O)OC(C)C)NC(=O)NC(C(=O)N1C[C@H]2[C@@H]([C@H]1C(=O)NC(C(=O)C(N)=O)C1CCC1)C2(C)C)C(C)(C)C. The Balaban J connectivity index is 1.75. The first kappa shape index (κ1) is 34.1. The maximum Gasteiger partial charge on any atom is 0.407 e. The summed E-state index contributed by atoms with van der Waals surface area (Å²) in [5.74, 6) is -3.03. The second-order valence-electron chi connectivity index (χ2n) is 14.2. The van der Waals surface area contributed by atoms with Crippen molar-refractivity contribution < 1.29 is 33.5 Å². The third kappa shape index (κ3) is 7.77. The molecule has 6 N–H and O–H groups in total. The van der Waals surface area contributed by atoms with Crippen LogP contribution in [-0.4, -0.2) is 83.9 Å². The number of piperidine rings is 1. The highest BCUT2D eigenvalue weighted by atomic mass is 16.6. The number of likely N-dealkylation sites (tertiary alicyclic amines) is 1. The molecule has 6 atom stereocenters. The number of carbonyl (C=O) groups excluding carboxylic acids is 6. The molecule has 0 spiro atoms. The molecule has 13 heteroatoms. The number of ether oxygens (including phenoxy) is 1. The number of rotatable bonds is 12. The lowest BCUT2D eigenvalue weighted by Crippen LogP contribution is -2.62. The molecule has 13 nitrogen and oxygen atoms in total. The maximum absolute atomic E-state index is 14.1. The van der Waals surface area contributed by atoms with Gasteiger partial charge < -0.3 is 36.6 Å². The van der Waals surface area contributed by atoms with Crippen LogP contribution in [0.1, 0.15) is 81.1 Å². The number of urea groups is 1. The fourth-order valence-electron chi connectivity index (χ4n) is 6.31. The van der Waals surface area contributed by atoms with E-state index < -0.39 is 65.2 Å². The Hall–Kier alpha value is -3.38. The van der Waals surface area contributed by atoms with Gasteiger partial charge in [-0.2, -0.15) is 0 Å². The van der Waals surface area contributed by atoms with E-state index in [1.807, 2.05) is 41.5 Å². The van der Waals surface area contributed by atoms with Crippen LogP contribution in [0.3, 0.4) is 0 Å². The Morgan fingerprint density at radius 2 is 1.65 bits per heavy atom. The van der Waals surface area contributed by atoms with Crippen molar-refractivity contribution in [2.75, 3.05) is 13.1 Å². The number of primary amides is 1. The molecule has 0 aromatic rings. The minimum absolute atomic E-state index is 0.0804. The molecule has 0 aromatic heterocycles. The fourth-order valence-corrected chi connectivity index (χ4v) is 6.31.